The number of hydrogen-bond acceptors (Lipinski definition) is 2. The summed E-state index contributed by atoms with van der Waals surface area (Å²) < 4.78 is 0. The molecule has 16 heavy (non-hydrogen) atoms. The molecule has 0 saturated carbocycles. The van der Waals surface area contributed by atoms with Crippen molar-refractivity contribution in [3.8, 4) is 11.3 Å². The van der Waals surface area contributed by atoms with E-state index in [9.17, 15) is 4.79 Å². The largest absolute Gasteiger partial charge is 0.324 e. The molecule has 0 unspecified atom stereocenters. The highest BCUT2D eigenvalue weighted by Crippen LogP contribution is 2.24. The molecule has 1 N–H and O–H groups in total. The molecule has 0 saturated heterocycles. The highest BCUT2D eigenvalue weighted by atomic mass is 16.1. The molecule has 0 atom stereocenters. The molecule has 0 fully saturated rings. The number of carbonyl (C=O) groups is 1. The zero-order chi connectivity index (χ0) is 11.4. The van der Waals surface area contributed by atoms with Gasteiger partial charge in [0.1, 0.15) is 0 Å². The molecule has 80 valence electrons. The molecule has 1 heterocycles. The second kappa shape index (κ2) is 4.57. The van der Waals surface area contributed by atoms with Crippen molar-refractivity contribution in [3.05, 3.63) is 48.7 Å². The Labute approximate surface area is 94.1 Å². The molecule has 2 aromatic rings. The summed E-state index contributed by atoms with van der Waals surface area (Å²) in [6, 6.07) is 13.4. The van der Waals surface area contributed by atoms with E-state index in [4.69, 9.17) is 0 Å². The van der Waals surface area contributed by atoms with Gasteiger partial charge in [0.25, 0.3) is 0 Å². The lowest BCUT2D eigenvalue weighted by Gasteiger charge is -2.08. The number of nitrogens with zero attached hydrogens (tertiary/aromatic N) is 1. The Morgan fingerprint density at radius 3 is 2.56 bits per heavy atom. The van der Waals surface area contributed by atoms with E-state index in [1.54, 1.807) is 12.3 Å². The average Bonchev–Trinajstić information content (AvgIpc) is 2.30. The third-order valence-corrected chi connectivity index (χ3v) is 2.17. The Morgan fingerprint density at radius 1 is 1.12 bits per heavy atom. The average molecular weight is 212 g/mol. The van der Waals surface area contributed by atoms with Gasteiger partial charge < -0.3 is 5.32 Å². The van der Waals surface area contributed by atoms with Gasteiger partial charge in [-0.05, 0) is 12.1 Å². The van der Waals surface area contributed by atoms with Gasteiger partial charge in [-0.15, -0.1) is 0 Å². The molecule has 1 amide bonds. The van der Waals surface area contributed by atoms with Gasteiger partial charge in [-0.3, -0.25) is 9.78 Å². The minimum absolute atomic E-state index is 0.0924. The van der Waals surface area contributed by atoms with E-state index in [2.05, 4.69) is 10.3 Å². The van der Waals surface area contributed by atoms with Gasteiger partial charge in [0.05, 0.1) is 11.4 Å². The summed E-state index contributed by atoms with van der Waals surface area (Å²) in [6.45, 7) is 1.49. The Kier molecular flexibility index (Phi) is 2.96. The topological polar surface area (TPSA) is 42.0 Å². The Balaban J connectivity index is 2.44. The van der Waals surface area contributed by atoms with Crippen LogP contribution < -0.4 is 5.32 Å². The van der Waals surface area contributed by atoms with E-state index < -0.39 is 0 Å². The Hall–Kier alpha value is -2.16. The van der Waals surface area contributed by atoms with Crippen molar-refractivity contribution in [2.45, 2.75) is 6.92 Å². The first-order valence-corrected chi connectivity index (χ1v) is 5.05. The van der Waals surface area contributed by atoms with Gasteiger partial charge in [0, 0.05) is 18.7 Å². The van der Waals surface area contributed by atoms with E-state index in [0.717, 1.165) is 16.9 Å². The second-order valence-corrected chi connectivity index (χ2v) is 3.45. The minimum atomic E-state index is -0.0924. The van der Waals surface area contributed by atoms with Crippen molar-refractivity contribution >= 4 is 11.6 Å². The van der Waals surface area contributed by atoms with Crippen molar-refractivity contribution in [1.29, 1.82) is 0 Å². The fraction of sp³-hybridized carbons (Fsp3) is 0.0769. The van der Waals surface area contributed by atoms with Crippen LogP contribution in [0.4, 0.5) is 5.69 Å². The van der Waals surface area contributed by atoms with E-state index in [1.807, 2.05) is 36.4 Å². The molecule has 0 radical (unpaired) electrons. The van der Waals surface area contributed by atoms with Gasteiger partial charge in [-0.2, -0.15) is 0 Å². The van der Waals surface area contributed by atoms with Crippen LogP contribution in [0.5, 0.6) is 0 Å². The smallest absolute Gasteiger partial charge is 0.221 e. The molecule has 0 aliphatic rings. The van der Waals surface area contributed by atoms with E-state index in [1.165, 1.54) is 6.92 Å². The minimum Gasteiger partial charge on any atom is -0.324 e. The molecule has 3 heteroatoms. The molecule has 0 bridgehead atoms. The predicted octanol–water partition coefficient (Wildman–Crippen LogP) is 2.71. The summed E-state index contributed by atoms with van der Waals surface area (Å²) in [7, 11) is 0. The van der Waals surface area contributed by atoms with Crippen LogP contribution in [0.25, 0.3) is 11.3 Å². The van der Waals surface area contributed by atoms with Crippen molar-refractivity contribution in [2.75, 3.05) is 5.32 Å². The molecule has 1 aromatic carbocycles. The van der Waals surface area contributed by atoms with Crippen LogP contribution in [0, 0.1) is 0 Å². The third-order valence-electron chi connectivity index (χ3n) is 2.17. The maximum Gasteiger partial charge on any atom is 0.221 e. The lowest BCUT2D eigenvalue weighted by molar-refractivity contribution is -0.114. The van der Waals surface area contributed by atoms with Gasteiger partial charge in [0.15, 0.2) is 0 Å². The number of benzene rings is 1. The van der Waals surface area contributed by atoms with Gasteiger partial charge >= 0.3 is 0 Å². The summed E-state index contributed by atoms with van der Waals surface area (Å²) in [6.07, 6.45) is 1.72. The first-order chi connectivity index (χ1) is 7.77. The highest BCUT2D eigenvalue weighted by molar-refractivity contribution is 5.92. The van der Waals surface area contributed by atoms with Crippen LogP contribution >= 0.6 is 0 Å². The Bertz CT molecular complexity index is 494. The van der Waals surface area contributed by atoms with Crippen LogP contribution in [0.15, 0.2) is 48.7 Å². The van der Waals surface area contributed by atoms with Crippen LogP contribution in [-0.2, 0) is 4.79 Å². The monoisotopic (exact) mass is 212 g/mol. The van der Waals surface area contributed by atoms with Crippen molar-refractivity contribution < 1.29 is 4.79 Å². The number of rotatable bonds is 2. The van der Waals surface area contributed by atoms with Gasteiger partial charge in [0.2, 0.25) is 5.91 Å². The first kappa shape index (κ1) is 10.4. The van der Waals surface area contributed by atoms with Gasteiger partial charge in [-0.1, -0.05) is 30.3 Å². The first-order valence-electron chi connectivity index (χ1n) is 5.05. The van der Waals surface area contributed by atoms with Crippen molar-refractivity contribution in [3.63, 3.8) is 0 Å². The lowest BCUT2D eigenvalue weighted by Crippen LogP contribution is -2.07. The fourth-order valence-corrected chi connectivity index (χ4v) is 1.52. The molecule has 3 nitrogen and oxygen atoms in total. The zero-order valence-electron chi connectivity index (χ0n) is 8.97. The fourth-order valence-electron chi connectivity index (χ4n) is 1.52. The molecular weight excluding hydrogens is 200 g/mol. The summed E-state index contributed by atoms with van der Waals surface area (Å²) in [4.78, 5) is 15.3. The van der Waals surface area contributed by atoms with E-state index in [0.29, 0.717) is 0 Å². The van der Waals surface area contributed by atoms with Crippen molar-refractivity contribution in [1.82, 2.24) is 4.98 Å². The maximum absolute atomic E-state index is 11.1. The number of amides is 1. The zero-order valence-corrected chi connectivity index (χ0v) is 8.97. The predicted molar refractivity (Wildman–Crippen MR) is 64.0 cm³/mol. The number of anilines is 1. The number of nitrogens with one attached hydrogen (secondary N) is 1. The summed E-state index contributed by atoms with van der Waals surface area (Å²) in [5, 5.41) is 2.77. The summed E-state index contributed by atoms with van der Waals surface area (Å²) >= 11 is 0. The maximum atomic E-state index is 11.1. The van der Waals surface area contributed by atoms with Crippen LogP contribution in [0.2, 0.25) is 0 Å². The van der Waals surface area contributed by atoms with Gasteiger partial charge in [-0.25, -0.2) is 0 Å². The molecule has 1 aromatic heterocycles. The summed E-state index contributed by atoms with van der Waals surface area (Å²) in [5.41, 5.74) is 2.52. The third kappa shape index (κ3) is 2.25. The summed E-state index contributed by atoms with van der Waals surface area (Å²) in [5.74, 6) is -0.0924. The quantitative estimate of drug-likeness (QED) is 0.831. The molecule has 0 aliphatic heterocycles. The van der Waals surface area contributed by atoms with Crippen molar-refractivity contribution in [2.24, 2.45) is 0 Å². The lowest BCUT2D eigenvalue weighted by atomic mass is 10.1. The van der Waals surface area contributed by atoms with E-state index in [-0.39, 0.29) is 5.91 Å². The molecule has 2 rings (SSSR count). The standard InChI is InChI=1S/C13H12N2O/c1-10(16)15-12-8-5-9-14-13(12)11-6-3-2-4-7-11/h2-9H,1H3,(H,15,16). The number of hydrogen-bond donors (Lipinski definition) is 1. The van der Waals surface area contributed by atoms with Crippen LogP contribution in [-0.4, -0.2) is 10.9 Å². The number of carbonyl (C=O) groups excluding carboxylic acids is 1. The molecule has 0 spiro atoms. The molecule has 0 aliphatic carbocycles. The van der Waals surface area contributed by atoms with Crippen LogP contribution in [0.3, 0.4) is 0 Å². The second-order valence-electron chi connectivity index (χ2n) is 3.45. The molecular formula is C13H12N2O. The van der Waals surface area contributed by atoms with E-state index >= 15 is 0 Å². The highest BCUT2D eigenvalue weighted by Gasteiger charge is 2.06. The van der Waals surface area contributed by atoms with Crippen LogP contribution in [0.1, 0.15) is 6.92 Å². The number of aromatic nitrogens is 1. The number of pyridine rings is 1. The Morgan fingerprint density at radius 2 is 1.88 bits per heavy atom. The normalized spacial score (nSPS) is 9.81. The SMILES string of the molecule is CC(=O)Nc1cccnc1-c1ccccc1.